The van der Waals surface area contributed by atoms with Crippen LogP contribution in [0.4, 0.5) is 0 Å². The highest BCUT2D eigenvalue weighted by atomic mass is 16.5. The summed E-state index contributed by atoms with van der Waals surface area (Å²) in [6, 6.07) is 3.94. The summed E-state index contributed by atoms with van der Waals surface area (Å²) in [5.41, 5.74) is 1.13. The first kappa shape index (κ1) is 15.4. The fraction of sp³-hybridized carbons (Fsp3) is 0.688. The molecule has 4 heteroatoms. The predicted molar refractivity (Wildman–Crippen MR) is 79.3 cm³/mol. The van der Waals surface area contributed by atoms with Crippen molar-refractivity contribution in [2.75, 3.05) is 13.2 Å². The maximum absolute atomic E-state index is 9.92. The summed E-state index contributed by atoms with van der Waals surface area (Å²) in [5, 5.41) is 13.1. The van der Waals surface area contributed by atoms with Crippen LogP contribution >= 0.6 is 0 Å². The van der Waals surface area contributed by atoms with Crippen LogP contribution < -0.4 is 5.32 Å². The molecule has 0 saturated heterocycles. The number of nitrogens with one attached hydrogen (secondary N) is 1. The van der Waals surface area contributed by atoms with Gasteiger partial charge in [-0.25, -0.2) is 0 Å². The van der Waals surface area contributed by atoms with Crippen LogP contribution in [0, 0.1) is 5.92 Å². The van der Waals surface area contributed by atoms with E-state index in [1.54, 1.807) is 6.20 Å². The van der Waals surface area contributed by atoms with E-state index in [1.165, 1.54) is 12.8 Å². The zero-order valence-electron chi connectivity index (χ0n) is 12.3. The van der Waals surface area contributed by atoms with Crippen LogP contribution in [0.25, 0.3) is 0 Å². The van der Waals surface area contributed by atoms with Crippen molar-refractivity contribution >= 4 is 0 Å². The molecule has 3 atom stereocenters. The second-order valence-corrected chi connectivity index (χ2v) is 5.87. The van der Waals surface area contributed by atoms with E-state index in [2.05, 4.69) is 17.2 Å². The van der Waals surface area contributed by atoms with Crippen molar-refractivity contribution < 1.29 is 9.84 Å². The van der Waals surface area contributed by atoms with Gasteiger partial charge in [0, 0.05) is 25.5 Å². The summed E-state index contributed by atoms with van der Waals surface area (Å²) in [6.45, 7) is 3.99. The largest absolute Gasteiger partial charge is 0.389 e. The first-order valence-electron chi connectivity index (χ1n) is 7.63. The molecule has 0 bridgehead atoms. The van der Waals surface area contributed by atoms with E-state index in [9.17, 15) is 5.11 Å². The summed E-state index contributed by atoms with van der Waals surface area (Å²) >= 11 is 0. The molecule has 1 heterocycles. The second-order valence-electron chi connectivity index (χ2n) is 5.87. The maximum Gasteiger partial charge on any atom is 0.0897 e. The number of nitrogens with zero attached hydrogens (tertiary/aromatic N) is 1. The molecule has 0 aromatic carbocycles. The maximum atomic E-state index is 9.92. The van der Waals surface area contributed by atoms with E-state index in [0.29, 0.717) is 19.3 Å². The van der Waals surface area contributed by atoms with Gasteiger partial charge in [0.1, 0.15) is 0 Å². The highest BCUT2D eigenvalue weighted by Crippen LogP contribution is 2.25. The lowest BCUT2D eigenvalue weighted by Gasteiger charge is -2.27. The molecule has 112 valence electrons. The van der Waals surface area contributed by atoms with Crippen LogP contribution in [-0.2, 0) is 11.3 Å². The number of ether oxygens (including phenoxy) is 1. The normalized spacial score (nSPS) is 24.5. The van der Waals surface area contributed by atoms with Crippen molar-refractivity contribution in [3.8, 4) is 0 Å². The molecule has 2 N–H and O–H groups in total. The number of hydrogen-bond donors (Lipinski definition) is 2. The lowest BCUT2D eigenvalue weighted by Crippen LogP contribution is -2.33. The van der Waals surface area contributed by atoms with Crippen molar-refractivity contribution in [2.45, 2.75) is 51.4 Å². The first-order chi connectivity index (χ1) is 9.74. The molecule has 0 spiro atoms. The SMILES string of the molecule is CC1CCCC(OCC(O)CNCc2cccnc2)C1. The van der Waals surface area contributed by atoms with Crippen molar-refractivity contribution in [3.05, 3.63) is 30.1 Å². The van der Waals surface area contributed by atoms with Crippen LogP contribution in [0.3, 0.4) is 0 Å². The van der Waals surface area contributed by atoms with Crippen LogP contribution in [0.15, 0.2) is 24.5 Å². The Labute approximate surface area is 121 Å². The van der Waals surface area contributed by atoms with E-state index < -0.39 is 6.10 Å². The van der Waals surface area contributed by atoms with Gasteiger partial charge in [0.2, 0.25) is 0 Å². The molecule has 1 saturated carbocycles. The van der Waals surface area contributed by atoms with E-state index in [-0.39, 0.29) is 0 Å². The molecule has 2 rings (SSSR count). The predicted octanol–water partition coefficient (Wildman–Crippen LogP) is 2.13. The third kappa shape index (κ3) is 5.57. The second kappa shape index (κ2) is 8.35. The third-order valence-electron chi connectivity index (χ3n) is 3.84. The molecule has 0 radical (unpaired) electrons. The van der Waals surface area contributed by atoms with Gasteiger partial charge in [-0.2, -0.15) is 0 Å². The van der Waals surface area contributed by atoms with E-state index in [0.717, 1.165) is 30.9 Å². The first-order valence-corrected chi connectivity index (χ1v) is 7.63. The number of pyridine rings is 1. The molecule has 1 aromatic heterocycles. The molecular weight excluding hydrogens is 252 g/mol. The zero-order valence-corrected chi connectivity index (χ0v) is 12.3. The minimum absolute atomic E-state index is 0.340. The van der Waals surface area contributed by atoms with Gasteiger partial charge in [-0.1, -0.05) is 25.8 Å². The Bertz CT molecular complexity index is 372. The molecule has 20 heavy (non-hydrogen) atoms. The molecule has 1 fully saturated rings. The molecule has 0 amide bonds. The fourth-order valence-electron chi connectivity index (χ4n) is 2.72. The molecule has 3 unspecified atom stereocenters. The number of hydrogen-bond acceptors (Lipinski definition) is 4. The molecule has 1 aliphatic rings. The van der Waals surface area contributed by atoms with Gasteiger partial charge in [0.15, 0.2) is 0 Å². The van der Waals surface area contributed by atoms with Gasteiger partial charge in [0.05, 0.1) is 18.8 Å². The van der Waals surface area contributed by atoms with Crippen LogP contribution in [0.1, 0.15) is 38.2 Å². The van der Waals surface area contributed by atoms with E-state index >= 15 is 0 Å². The minimum atomic E-state index is -0.441. The van der Waals surface area contributed by atoms with Crippen LogP contribution in [0.5, 0.6) is 0 Å². The molecule has 0 aliphatic heterocycles. The van der Waals surface area contributed by atoms with E-state index in [1.807, 2.05) is 18.3 Å². The smallest absolute Gasteiger partial charge is 0.0897 e. The quantitative estimate of drug-likeness (QED) is 0.802. The van der Waals surface area contributed by atoms with Gasteiger partial charge in [-0.05, 0) is 30.4 Å². The third-order valence-corrected chi connectivity index (χ3v) is 3.84. The Hall–Kier alpha value is -0.970. The Morgan fingerprint density at radius 1 is 1.50 bits per heavy atom. The van der Waals surface area contributed by atoms with Crippen molar-refractivity contribution in [1.82, 2.24) is 10.3 Å². The summed E-state index contributed by atoms with van der Waals surface area (Å²) in [7, 11) is 0. The summed E-state index contributed by atoms with van der Waals surface area (Å²) < 4.78 is 5.82. The average Bonchev–Trinajstić information content (AvgIpc) is 2.46. The molecule has 1 aliphatic carbocycles. The van der Waals surface area contributed by atoms with Crippen molar-refractivity contribution in [1.29, 1.82) is 0 Å². The van der Waals surface area contributed by atoms with Gasteiger partial charge < -0.3 is 15.2 Å². The number of rotatable bonds is 7. The summed E-state index contributed by atoms with van der Waals surface area (Å²) in [4.78, 5) is 4.06. The Morgan fingerprint density at radius 3 is 3.15 bits per heavy atom. The lowest BCUT2D eigenvalue weighted by molar-refractivity contribution is -0.0306. The highest BCUT2D eigenvalue weighted by Gasteiger charge is 2.20. The Morgan fingerprint density at radius 2 is 2.40 bits per heavy atom. The summed E-state index contributed by atoms with van der Waals surface area (Å²) in [6.07, 6.45) is 8.33. The van der Waals surface area contributed by atoms with Crippen LogP contribution in [-0.4, -0.2) is 35.5 Å². The van der Waals surface area contributed by atoms with Gasteiger partial charge in [-0.15, -0.1) is 0 Å². The summed E-state index contributed by atoms with van der Waals surface area (Å²) in [5.74, 6) is 0.759. The highest BCUT2D eigenvalue weighted by molar-refractivity contribution is 5.07. The molecular formula is C16H26N2O2. The van der Waals surface area contributed by atoms with Crippen LogP contribution in [0.2, 0.25) is 0 Å². The fourth-order valence-corrected chi connectivity index (χ4v) is 2.72. The Kier molecular flexibility index (Phi) is 6.43. The number of aliphatic hydroxyl groups excluding tert-OH is 1. The van der Waals surface area contributed by atoms with Gasteiger partial charge in [-0.3, -0.25) is 4.98 Å². The van der Waals surface area contributed by atoms with Crippen molar-refractivity contribution in [3.63, 3.8) is 0 Å². The Balaban J connectivity index is 1.57. The number of aliphatic hydroxyl groups is 1. The van der Waals surface area contributed by atoms with Gasteiger partial charge in [0.25, 0.3) is 0 Å². The molecule has 4 nitrogen and oxygen atoms in total. The van der Waals surface area contributed by atoms with Gasteiger partial charge >= 0.3 is 0 Å². The minimum Gasteiger partial charge on any atom is -0.389 e. The molecule has 1 aromatic rings. The number of aromatic nitrogens is 1. The zero-order chi connectivity index (χ0) is 14.2. The lowest BCUT2D eigenvalue weighted by atomic mass is 9.89. The standard InChI is InChI=1S/C16H26N2O2/c1-13-4-2-6-16(8-13)20-12-15(19)11-18-10-14-5-3-7-17-9-14/h3,5,7,9,13,15-16,18-19H,2,4,6,8,10-12H2,1H3. The monoisotopic (exact) mass is 278 g/mol. The van der Waals surface area contributed by atoms with E-state index in [4.69, 9.17) is 4.74 Å². The average molecular weight is 278 g/mol. The van der Waals surface area contributed by atoms with Crippen molar-refractivity contribution in [2.24, 2.45) is 5.92 Å². The topological polar surface area (TPSA) is 54.4 Å².